The van der Waals surface area contributed by atoms with Gasteiger partial charge in [0.1, 0.15) is 22.8 Å². The summed E-state index contributed by atoms with van der Waals surface area (Å²) < 4.78 is 20.2. The lowest BCUT2D eigenvalue weighted by Crippen LogP contribution is -2.32. The molecule has 1 aliphatic rings. The molecule has 1 fully saturated rings. The molecule has 1 aliphatic carbocycles. The number of aromatic nitrogens is 2. The maximum Gasteiger partial charge on any atom is 0.329 e. The van der Waals surface area contributed by atoms with Gasteiger partial charge in [0.25, 0.3) is 5.56 Å². The van der Waals surface area contributed by atoms with Gasteiger partial charge in [-0.2, -0.15) is 0 Å². The lowest BCUT2D eigenvalue weighted by Gasteiger charge is -2.24. The molecular formula is C21H21FN2O3S. The predicted molar refractivity (Wildman–Crippen MR) is 107 cm³/mol. The van der Waals surface area contributed by atoms with E-state index in [1.165, 1.54) is 40.8 Å². The van der Waals surface area contributed by atoms with Crippen molar-refractivity contribution in [2.45, 2.75) is 51.2 Å². The first-order valence-electron chi connectivity index (χ1n) is 9.49. The van der Waals surface area contributed by atoms with E-state index in [9.17, 15) is 14.0 Å². The molecule has 0 bridgehead atoms. The summed E-state index contributed by atoms with van der Waals surface area (Å²) >= 11 is 1.35. The third kappa shape index (κ3) is 3.58. The second-order valence-corrected chi connectivity index (χ2v) is 8.02. The summed E-state index contributed by atoms with van der Waals surface area (Å²) in [7, 11) is 0. The zero-order valence-electron chi connectivity index (χ0n) is 15.6. The Labute approximate surface area is 165 Å². The van der Waals surface area contributed by atoms with Crippen LogP contribution in [0.25, 0.3) is 21.3 Å². The van der Waals surface area contributed by atoms with Gasteiger partial charge in [-0.05, 0) is 50.3 Å². The summed E-state index contributed by atoms with van der Waals surface area (Å²) in [6.45, 7) is 1.66. The van der Waals surface area contributed by atoms with Gasteiger partial charge < -0.3 is 4.74 Å². The number of rotatable bonds is 4. The van der Waals surface area contributed by atoms with Crippen LogP contribution in [-0.4, -0.2) is 21.6 Å². The number of ether oxygens (including phenoxy) is 1. The molecule has 0 saturated heterocycles. The van der Waals surface area contributed by atoms with Crippen molar-refractivity contribution >= 4 is 27.5 Å². The lowest BCUT2D eigenvalue weighted by atomic mass is 9.98. The molecular weight excluding hydrogens is 379 g/mol. The second kappa shape index (κ2) is 7.83. The number of nitrogens with zero attached hydrogens (tertiary/aromatic N) is 2. The van der Waals surface area contributed by atoms with E-state index in [4.69, 9.17) is 4.74 Å². The Bertz CT molecular complexity index is 1050. The highest BCUT2D eigenvalue weighted by Gasteiger charge is 2.25. The molecule has 5 nitrogen and oxygen atoms in total. The van der Waals surface area contributed by atoms with E-state index in [1.807, 2.05) is 5.38 Å². The van der Waals surface area contributed by atoms with E-state index in [0.717, 1.165) is 31.2 Å². The van der Waals surface area contributed by atoms with Crippen LogP contribution in [0.5, 0.6) is 0 Å². The minimum absolute atomic E-state index is 0.0629. The van der Waals surface area contributed by atoms with Crippen LogP contribution >= 0.6 is 11.3 Å². The molecule has 0 amide bonds. The number of thiophene rings is 1. The van der Waals surface area contributed by atoms with Crippen molar-refractivity contribution in [3.63, 3.8) is 0 Å². The molecule has 0 radical (unpaired) electrons. The SMILES string of the molecule is C[C@H](C(=O)OC1CCCCC1)n1cnc2scc(-c3ccc(F)cc3)c2c1=O. The van der Waals surface area contributed by atoms with E-state index in [-0.39, 0.29) is 17.5 Å². The van der Waals surface area contributed by atoms with Gasteiger partial charge in [-0.3, -0.25) is 9.36 Å². The van der Waals surface area contributed by atoms with Crippen molar-refractivity contribution in [2.24, 2.45) is 0 Å². The Hall–Kier alpha value is -2.54. The fraction of sp³-hybridized carbons (Fsp3) is 0.381. The predicted octanol–water partition coefficient (Wildman–Crippen LogP) is 4.70. The number of hydrogen-bond donors (Lipinski definition) is 0. The van der Waals surface area contributed by atoms with Crippen LogP contribution < -0.4 is 5.56 Å². The number of carbonyl (C=O) groups excluding carboxylic acids is 1. The molecule has 0 spiro atoms. The standard InChI is InChI=1S/C21H21FN2O3S/c1-13(21(26)27-16-5-3-2-4-6-16)24-12-23-19-18(20(24)25)17(11-28-19)14-7-9-15(22)10-8-14/h7-13,16H,2-6H2,1H3/t13-/m1/s1. The largest absolute Gasteiger partial charge is 0.461 e. The highest BCUT2D eigenvalue weighted by Crippen LogP contribution is 2.31. The highest BCUT2D eigenvalue weighted by molar-refractivity contribution is 7.17. The van der Waals surface area contributed by atoms with Crippen molar-refractivity contribution in [2.75, 3.05) is 0 Å². The smallest absolute Gasteiger partial charge is 0.329 e. The molecule has 0 unspecified atom stereocenters. The van der Waals surface area contributed by atoms with Gasteiger partial charge in [0.2, 0.25) is 0 Å². The summed E-state index contributed by atoms with van der Waals surface area (Å²) in [5.74, 6) is -0.744. The van der Waals surface area contributed by atoms with E-state index in [0.29, 0.717) is 15.8 Å². The van der Waals surface area contributed by atoms with Crippen LogP contribution in [0.2, 0.25) is 0 Å². The molecule has 7 heteroatoms. The Kier molecular flexibility index (Phi) is 5.26. The molecule has 146 valence electrons. The number of hydrogen-bond acceptors (Lipinski definition) is 5. The topological polar surface area (TPSA) is 61.2 Å². The van der Waals surface area contributed by atoms with E-state index in [1.54, 1.807) is 19.1 Å². The molecule has 4 rings (SSSR count). The van der Waals surface area contributed by atoms with Crippen LogP contribution in [0.4, 0.5) is 4.39 Å². The van der Waals surface area contributed by atoms with Crippen molar-refractivity contribution in [1.82, 2.24) is 9.55 Å². The molecule has 0 N–H and O–H groups in total. The van der Waals surface area contributed by atoms with Gasteiger partial charge >= 0.3 is 5.97 Å². The molecule has 28 heavy (non-hydrogen) atoms. The van der Waals surface area contributed by atoms with E-state index in [2.05, 4.69) is 4.98 Å². The van der Waals surface area contributed by atoms with Crippen LogP contribution in [-0.2, 0) is 9.53 Å². The molecule has 2 heterocycles. The summed E-state index contributed by atoms with van der Waals surface area (Å²) in [6.07, 6.45) is 6.40. The van der Waals surface area contributed by atoms with E-state index < -0.39 is 12.0 Å². The van der Waals surface area contributed by atoms with Gasteiger partial charge in [0.15, 0.2) is 0 Å². The van der Waals surface area contributed by atoms with Crippen LogP contribution in [0.1, 0.15) is 45.1 Å². The lowest BCUT2D eigenvalue weighted by molar-refractivity contribution is -0.154. The Morgan fingerprint density at radius 2 is 1.96 bits per heavy atom. The van der Waals surface area contributed by atoms with Crippen LogP contribution in [0, 0.1) is 5.82 Å². The average molecular weight is 400 g/mol. The monoisotopic (exact) mass is 400 g/mol. The first kappa shape index (κ1) is 18.8. The first-order chi connectivity index (χ1) is 13.5. The van der Waals surface area contributed by atoms with Gasteiger partial charge in [0.05, 0.1) is 11.7 Å². The third-order valence-corrected chi connectivity index (χ3v) is 6.15. The zero-order chi connectivity index (χ0) is 19.7. The number of halogens is 1. The van der Waals surface area contributed by atoms with Crippen molar-refractivity contribution in [3.8, 4) is 11.1 Å². The van der Waals surface area contributed by atoms with Gasteiger partial charge in [0, 0.05) is 10.9 Å². The Morgan fingerprint density at radius 1 is 1.25 bits per heavy atom. The van der Waals surface area contributed by atoms with Crippen LogP contribution in [0.15, 0.2) is 40.8 Å². The number of carbonyl (C=O) groups is 1. The molecule has 1 atom stereocenters. The average Bonchev–Trinajstić information content (AvgIpc) is 3.14. The summed E-state index contributed by atoms with van der Waals surface area (Å²) in [5.41, 5.74) is 1.14. The summed E-state index contributed by atoms with van der Waals surface area (Å²) in [5, 5.41) is 2.28. The van der Waals surface area contributed by atoms with E-state index >= 15 is 0 Å². The fourth-order valence-electron chi connectivity index (χ4n) is 3.62. The first-order valence-corrected chi connectivity index (χ1v) is 10.4. The minimum atomic E-state index is -0.757. The molecule has 1 saturated carbocycles. The minimum Gasteiger partial charge on any atom is -0.461 e. The molecule has 3 aromatic rings. The maximum absolute atomic E-state index is 13.2. The van der Waals surface area contributed by atoms with Gasteiger partial charge in [-0.15, -0.1) is 11.3 Å². The summed E-state index contributed by atoms with van der Waals surface area (Å²) in [4.78, 5) is 30.7. The summed E-state index contributed by atoms with van der Waals surface area (Å²) in [6, 6.07) is 5.23. The van der Waals surface area contributed by atoms with Gasteiger partial charge in [-0.1, -0.05) is 18.6 Å². The van der Waals surface area contributed by atoms with Crippen molar-refractivity contribution in [1.29, 1.82) is 0 Å². The quantitative estimate of drug-likeness (QED) is 0.596. The highest BCUT2D eigenvalue weighted by atomic mass is 32.1. The van der Waals surface area contributed by atoms with Crippen LogP contribution in [0.3, 0.4) is 0 Å². The van der Waals surface area contributed by atoms with Crippen molar-refractivity contribution in [3.05, 3.63) is 52.1 Å². The molecule has 0 aliphatic heterocycles. The number of esters is 1. The normalized spacial score (nSPS) is 16.2. The fourth-order valence-corrected chi connectivity index (χ4v) is 4.53. The molecule has 2 aromatic heterocycles. The van der Waals surface area contributed by atoms with Gasteiger partial charge in [-0.25, -0.2) is 14.2 Å². The van der Waals surface area contributed by atoms with Crippen molar-refractivity contribution < 1.29 is 13.9 Å². The Morgan fingerprint density at radius 3 is 2.68 bits per heavy atom. The second-order valence-electron chi connectivity index (χ2n) is 7.17. The maximum atomic E-state index is 13.2. The zero-order valence-corrected chi connectivity index (χ0v) is 16.4. The molecule has 1 aromatic carbocycles. The Balaban J connectivity index is 1.67. The third-order valence-electron chi connectivity index (χ3n) is 5.27. The number of fused-ring (bicyclic) bond motifs is 1. The number of benzene rings is 1.